The molecule has 1 aromatic carbocycles. The molecular formula is C16H16N2O. The molecule has 0 bridgehead atoms. The van der Waals surface area contributed by atoms with Crippen molar-refractivity contribution in [3.63, 3.8) is 0 Å². The van der Waals surface area contributed by atoms with E-state index < -0.39 is 0 Å². The topological polar surface area (TPSA) is 42.0 Å². The van der Waals surface area contributed by atoms with Crippen molar-refractivity contribution in [1.29, 1.82) is 0 Å². The molecule has 0 spiro atoms. The van der Waals surface area contributed by atoms with Gasteiger partial charge >= 0.3 is 0 Å². The van der Waals surface area contributed by atoms with E-state index in [9.17, 15) is 4.79 Å². The number of amides is 1. The standard InChI is InChI=1S/C16H16N2O/c1-12(11-14-8-4-3-5-9-14)16(19)18-15-10-6-7-13(2)17-15/h3-11H,1-2H3,(H,17,18,19)/b12-11+. The number of rotatable bonds is 3. The molecule has 0 radical (unpaired) electrons. The number of aryl methyl sites for hydroxylation is 1. The number of carbonyl (C=O) groups is 1. The number of anilines is 1. The molecular weight excluding hydrogens is 236 g/mol. The predicted octanol–water partition coefficient (Wildman–Crippen LogP) is 3.43. The molecule has 2 aromatic rings. The fourth-order valence-corrected chi connectivity index (χ4v) is 1.69. The fourth-order valence-electron chi connectivity index (χ4n) is 1.69. The van der Waals surface area contributed by atoms with Crippen LogP contribution in [0.4, 0.5) is 5.82 Å². The van der Waals surface area contributed by atoms with Crippen molar-refractivity contribution in [1.82, 2.24) is 4.98 Å². The zero-order valence-corrected chi connectivity index (χ0v) is 11.1. The van der Waals surface area contributed by atoms with Crippen LogP contribution in [0, 0.1) is 6.92 Å². The quantitative estimate of drug-likeness (QED) is 0.850. The minimum Gasteiger partial charge on any atom is -0.307 e. The maximum absolute atomic E-state index is 12.0. The highest BCUT2D eigenvalue weighted by Gasteiger charge is 2.05. The molecule has 0 aliphatic rings. The molecule has 1 aromatic heterocycles. The second kappa shape index (κ2) is 5.96. The minimum atomic E-state index is -0.137. The number of hydrogen-bond acceptors (Lipinski definition) is 2. The van der Waals surface area contributed by atoms with Crippen molar-refractivity contribution in [2.24, 2.45) is 0 Å². The van der Waals surface area contributed by atoms with Crippen LogP contribution in [0.15, 0.2) is 54.1 Å². The van der Waals surface area contributed by atoms with Crippen molar-refractivity contribution < 1.29 is 4.79 Å². The van der Waals surface area contributed by atoms with Crippen molar-refractivity contribution in [2.45, 2.75) is 13.8 Å². The van der Waals surface area contributed by atoms with Gasteiger partial charge in [0.25, 0.3) is 5.91 Å². The summed E-state index contributed by atoms with van der Waals surface area (Å²) in [7, 11) is 0. The average molecular weight is 252 g/mol. The number of nitrogens with one attached hydrogen (secondary N) is 1. The third-order valence-corrected chi connectivity index (χ3v) is 2.67. The Morgan fingerprint density at radius 2 is 1.84 bits per heavy atom. The normalized spacial score (nSPS) is 11.2. The van der Waals surface area contributed by atoms with E-state index in [4.69, 9.17) is 0 Å². The number of benzene rings is 1. The van der Waals surface area contributed by atoms with E-state index in [0.29, 0.717) is 11.4 Å². The lowest BCUT2D eigenvalue weighted by molar-refractivity contribution is -0.112. The molecule has 1 amide bonds. The summed E-state index contributed by atoms with van der Waals surface area (Å²) in [5.41, 5.74) is 2.53. The summed E-state index contributed by atoms with van der Waals surface area (Å²) in [5, 5.41) is 2.78. The van der Waals surface area contributed by atoms with Gasteiger partial charge in [-0.2, -0.15) is 0 Å². The average Bonchev–Trinajstić information content (AvgIpc) is 2.40. The van der Waals surface area contributed by atoms with Crippen LogP contribution < -0.4 is 5.32 Å². The Morgan fingerprint density at radius 3 is 2.53 bits per heavy atom. The molecule has 1 N–H and O–H groups in total. The predicted molar refractivity (Wildman–Crippen MR) is 77.7 cm³/mol. The maximum atomic E-state index is 12.0. The Bertz CT molecular complexity index is 603. The summed E-state index contributed by atoms with van der Waals surface area (Å²) >= 11 is 0. The van der Waals surface area contributed by atoms with E-state index in [0.717, 1.165) is 11.3 Å². The summed E-state index contributed by atoms with van der Waals surface area (Å²) in [6.07, 6.45) is 1.85. The lowest BCUT2D eigenvalue weighted by Crippen LogP contribution is -2.13. The van der Waals surface area contributed by atoms with Gasteiger partial charge in [0.1, 0.15) is 5.82 Å². The smallest absolute Gasteiger partial charge is 0.252 e. The Hall–Kier alpha value is -2.42. The van der Waals surface area contributed by atoms with E-state index in [2.05, 4.69) is 10.3 Å². The van der Waals surface area contributed by atoms with Crippen molar-refractivity contribution >= 4 is 17.8 Å². The van der Waals surface area contributed by atoms with Crippen molar-refractivity contribution in [3.8, 4) is 0 Å². The Balaban J connectivity index is 2.10. The first kappa shape index (κ1) is 13.0. The van der Waals surface area contributed by atoms with Gasteiger partial charge in [-0.15, -0.1) is 0 Å². The number of pyridine rings is 1. The van der Waals surface area contributed by atoms with Crippen LogP contribution in [0.3, 0.4) is 0 Å². The molecule has 96 valence electrons. The van der Waals surface area contributed by atoms with Gasteiger partial charge in [-0.05, 0) is 37.6 Å². The zero-order chi connectivity index (χ0) is 13.7. The molecule has 0 aliphatic carbocycles. The molecule has 19 heavy (non-hydrogen) atoms. The van der Waals surface area contributed by atoms with Gasteiger partial charge in [-0.3, -0.25) is 4.79 Å². The summed E-state index contributed by atoms with van der Waals surface area (Å²) in [6, 6.07) is 15.3. The molecule has 0 atom stereocenters. The molecule has 3 heteroatoms. The first-order valence-corrected chi connectivity index (χ1v) is 6.13. The van der Waals surface area contributed by atoms with Gasteiger partial charge in [0.15, 0.2) is 0 Å². The van der Waals surface area contributed by atoms with E-state index in [1.54, 1.807) is 13.0 Å². The Morgan fingerprint density at radius 1 is 1.11 bits per heavy atom. The van der Waals surface area contributed by atoms with E-state index in [1.807, 2.05) is 55.5 Å². The van der Waals surface area contributed by atoms with Crippen LogP contribution in [-0.2, 0) is 4.79 Å². The van der Waals surface area contributed by atoms with Crippen LogP contribution in [0.1, 0.15) is 18.2 Å². The fraction of sp³-hybridized carbons (Fsp3) is 0.125. The molecule has 0 saturated heterocycles. The maximum Gasteiger partial charge on any atom is 0.252 e. The first-order valence-electron chi connectivity index (χ1n) is 6.13. The molecule has 0 saturated carbocycles. The van der Waals surface area contributed by atoms with Gasteiger partial charge in [0, 0.05) is 11.3 Å². The molecule has 3 nitrogen and oxygen atoms in total. The van der Waals surface area contributed by atoms with Crippen molar-refractivity contribution in [2.75, 3.05) is 5.32 Å². The van der Waals surface area contributed by atoms with E-state index in [1.165, 1.54) is 0 Å². The van der Waals surface area contributed by atoms with Gasteiger partial charge in [-0.1, -0.05) is 36.4 Å². The summed E-state index contributed by atoms with van der Waals surface area (Å²) in [5.74, 6) is 0.438. The first-order chi connectivity index (χ1) is 9.15. The van der Waals surface area contributed by atoms with Crippen LogP contribution >= 0.6 is 0 Å². The molecule has 0 unspecified atom stereocenters. The SMILES string of the molecule is C/C(=C\c1ccccc1)C(=O)Nc1cccc(C)n1. The van der Waals surface area contributed by atoms with Crippen LogP contribution in [0.5, 0.6) is 0 Å². The van der Waals surface area contributed by atoms with E-state index >= 15 is 0 Å². The highest BCUT2D eigenvalue weighted by atomic mass is 16.1. The van der Waals surface area contributed by atoms with Crippen LogP contribution in [0.25, 0.3) is 6.08 Å². The van der Waals surface area contributed by atoms with Crippen LogP contribution in [0.2, 0.25) is 0 Å². The van der Waals surface area contributed by atoms with E-state index in [-0.39, 0.29) is 5.91 Å². The summed E-state index contributed by atoms with van der Waals surface area (Å²) < 4.78 is 0. The number of carbonyl (C=O) groups excluding carboxylic acids is 1. The van der Waals surface area contributed by atoms with Crippen molar-refractivity contribution in [3.05, 3.63) is 65.4 Å². The van der Waals surface area contributed by atoms with Crippen LogP contribution in [-0.4, -0.2) is 10.9 Å². The lowest BCUT2D eigenvalue weighted by Gasteiger charge is -2.05. The van der Waals surface area contributed by atoms with Gasteiger partial charge < -0.3 is 5.32 Å². The second-order valence-corrected chi connectivity index (χ2v) is 4.36. The lowest BCUT2D eigenvalue weighted by atomic mass is 10.1. The zero-order valence-electron chi connectivity index (χ0n) is 11.1. The third kappa shape index (κ3) is 3.78. The molecule has 0 fully saturated rings. The monoisotopic (exact) mass is 252 g/mol. The summed E-state index contributed by atoms with van der Waals surface area (Å²) in [4.78, 5) is 16.3. The number of nitrogens with zero attached hydrogens (tertiary/aromatic N) is 1. The molecule has 2 rings (SSSR count). The number of aromatic nitrogens is 1. The molecule has 1 heterocycles. The minimum absolute atomic E-state index is 0.137. The Kier molecular flexibility index (Phi) is 4.08. The highest BCUT2D eigenvalue weighted by Crippen LogP contribution is 2.09. The van der Waals surface area contributed by atoms with Gasteiger partial charge in [0.2, 0.25) is 0 Å². The molecule has 0 aliphatic heterocycles. The third-order valence-electron chi connectivity index (χ3n) is 2.67. The number of hydrogen-bond donors (Lipinski definition) is 1. The second-order valence-electron chi connectivity index (χ2n) is 4.36. The Labute approximate surface area is 113 Å². The van der Waals surface area contributed by atoms with Gasteiger partial charge in [0.05, 0.1) is 0 Å². The largest absolute Gasteiger partial charge is 0.307 e. The highest BCUT2D eigenvalue weighted by molar-refractivity contribution is 6.05. The van der Waals surface area contributed by atoms with Gasteiger partial charge in [-0.25, -0.2) is 4.98 Å². The summed E-state index contributed by atoms with van der Waals surface area (Å²) in [6.45, 7) is 3.68.